The summed E-state index contributed by atoms with van der Waals surface area (Å²) < 4.78 is 68.0. The monoisotopic (exact) mass is 1280 g/mol. The van der Waals surface area contributed by atoms with Gasteiger partial charge < -0.3 is 33.8 Å². The van der Waals surface area contributed by atoms with Crippen molar-refractivity contribution in [2.24, 2.45) is 0 Å². The summed E-state index contributed by atoms with van der Waals surface area (Å²) in [6.07, 6.45) is 50.2. The van der Waals surface area contributed by atoms with E-state index in [2.05, 4.69) is 27.7 Å². The van der Waals surface area contributed by atoms with Crippen LogP contribution in [0, 0.1) is 0 Å². The van der Waals surface area contributed by atoms with Crippen molar-refractivity contribution < 1.29 is 80.2 Å². The lowest BCUT2D eigenvalue weighted by Gasteiger charge is -2.21. The van der Waals surface area contributed by atoms with Gasteiger partial charge in [-0.2, -0.15) is 0 Å². The molecule has 0 saturated heterocycles. The Balaban J connectivity index is 5.09. The molecule has 516 valence electrons. The first-order valence-corrected chi connectivity index (χ1v) is 38.8. The molecule has 5 atom stereocenters. The van der Waals surface area contributed by atoms with Crippen molar-refractivity contribution in [2.75, 3.05) is 39.6 Å². The van der Waals surface area contributed by atoms with Gasteiger partial charge in [0.05, 0.1) is 26.4 Å². The number of esters is 4. The van der Waals surface area contributed by atoms with Gasteiger partial charge >= 0.3 is 39.5 Å². The van der Waals surface area contributed by atoms with Gasteiger partial charge in [0.1, 0.15) is 19.3 Å². The maximum atomic E-state index is 13.0. The average molecular weight is 1280 g/mol. The zero-order valence-electron chi connectivity index (χ0n) is 56.0. The van der Waals surface area contributed by atoms with Gasteiger partial charge in [0.15, 0.2) is 12.2 Å². The molecular formula is C68H132O17P2. The number of aliphatic hydroxyl groups excluding tert-OH is 1. The molecule has 0 aromatic carbocycles. The first-order valence-electron chi connectivity index (χ1n) is 35.8. The molecule has 0 heterocycles. The quantitative estimate of drug-likeness (QED) is 0.0222. The lowest BCUT2D eigenvalue weighted by Crippen LogP contribution is -2.30. The number of carbonyl (C=O) groups is 4. The number of phosphoric acid groups is 2. The Bertz CT molecular complexity index is 1670. The Kier molecular flexibility index (Phi) is 61.4. The van der Waals surface area contributed by atoms with Crippen molar-refractivity contribution >= 4 is 39.5 Å². The topological polar surface area (TPSA) is 237 Å². The fourth-order valence-electron chi connectivity index (χ4n) is 10.3. The van der Waals surface area contributed by atoms with E-state index in [1.165, 1.54) is 180 Å². The van der Waals surface area contributed by atoms with Gasteiger partial charge in [0, 0.05) is 25.7 Å². The normalized spacial score (nSPS) is 14.1. The fourth-order valence-corrected chi connectivity index (χ4v) is 11.9. The van der Waals surface area contributed by atoms with Crippen LogP contribution < -0.4 is 0 Å². The van der Waals surface area contributed by atoms with Crippen LogP contribution >= 0.6 is 15.6 Å². The van der Waals surface area contributed by atoms with Crippen molar-refractivity contribution in [1.29, 1.82) is 0 Å². The molecule has 0 saturated carbocycles. The second-order valence-corrected chi connectivity index (χ2v) is 27.5. The molecule has 0 rings (SSSR count). The largest absolute Gasteiger partial charge is 0.472 e. The molecule has 0 aliphatic rings. The summed E-state index contributed by atoms with van der Waals surface area (Å²) in [6, 6.07) is 0. The van der Waals surface area contributed by atoms with E-state index in [-0.39, 0.29) is 25.7 Å². The number of aliphatic hydroxyl groups is 1. The van der Waals surface area contributed by atoms with E-state index in [0.29, 0.717) is 25.7 Å². The maximum Gasteiger partial charge on any atom is 0.472 e. The summed E-state index contributed by atoms with van der Waals surface area (Å²) in [5.74, 6) is -2.13. The zero-order valence-corrected chi connectivity index (χ0v) is 57.8. The Morgan fingerprint density at radius 3 is 0.678 bits per heavy atom. The molecule has 0 aliphatic carbocycles. The van der Waals surface area contributed by atoms with E-state index in [4.69, 9.17) is 37.0 Å². The summed E-state index contributed by atoms with van der Waals surface area (Å²) in [7, 11) is -9.88. The lowest BCUT2D eigenvalue weighted by atomic mass is 10.0. The van der Waals surface area contributed by atoms with E-state index in [9.17, 15) is 43.2 Å². The first kappa shape index (κ1) is 85.1. The molecule has 0 aromatic heterocycles. The predicted molar refractivity (Wildman–Crippen MR) is 349 cm³/mol. The number of unbranched alkanes of at least 4 members (excludes halogenated alkanes) is 43. The molecule has 87 heavy (non-hydrogen) atoms. The predicted octanol–water partition coefficient (Wildman–Crippen LogP) is 19.5. The van der Waals surface area contributed by atoms with Gasteiger partial charge in [-0.3, -0.25) is 37.3 Å². The highest BCUT2D eigenvalue weighted by Gasteiger charge is 2.30. The summed E-state index contributed by atoms with van der Waals surface area (Å²) in [5, 5.41) is 10.5. The summed E-state index contributed by atoms with van der Waals surface area (Å²) in [5.41, 5.74) is 0. The summed E-state index contributed by atoms with van der Waals surface area (Å²) in [6.45, 7) is 4.86. The lowest BCUT2D eigenvalue weighted by molar-refractivity contribution is -0.161. The van der Waals surface area contributed by atoms with Crippen LogP contribution in [0.5, 0.6) is 0 Å². The van der Waals surface area contributed by atoms with Gasteiger partial charge in [0.2, 0.25) is 0 Å². The number of carbonyl (C=O) groups excluding carboxylic acids is 4. The molecule has 2 unspecified atom stereocenters. The number of phosphoric ester groups is 2. The van der Waals surface area contributed by atoms with Crippen LogP contribution in [0.2, 0.25) is 0 Å². The second kappa shape index (κ2) is 62.8. The molecule has 0 amide bonds. The third-order valence-electron chi connectivity index (χ3n) is 15.9. The molecule has 3 N–H and O–H groups in total. The third-order valence-corrected chi connectivity index (χ3v) is 17.8. The van der Waals surface area contributed by atoms with Gasteiger partial charge in [-0.1, -0.05) is 304 Å². The number of hydrogen-bond acceptors (Lipinski definition) is 15. The highest BCUT2D eigenvalue weighted by atomic mass is 31.2. The highest BCUT2D eigenvalue weighted by molar-refractivity contribution is 7.47. The van der Waals surface area contributed by atoms with Gasteiger partial charge in [-0.05, 0) is 25.7 Å². The zero-order chi connectivity index (χ0) is 64.0. The molecule has 0 radical (unpaired) electrons. The van der Waals surface area contributed by atoms with Crippen molar-refractivity contribution in [1.82, 2.24) is 0 Å². The van der Waals surface area contributed by atoms with E-state index in [0.717, 1.165) is 96.3 Å². The van der Waals surface area contributed by atoms with E-state index in [1.54, 1.807) is 0 Å². The van der Waals surface area contributed by atoms with E-state index >= 15 is 0 Å². The maximum absolute atomic E-state index is 13.0. The molecule has 0 spiro atoms. The Morgan fingerprint density at radius 2 is 0.460 bits per heavy atom. The third kappa shape index (κ3) is 62.6. The highest BCUT2D eigenvalue weighted by Crippen LogP contribution is 2.45. The Morgan fingerprint density at radius 1 is 0.276 bits per heavy atom. The van der Waals surface area contributed by atoms with E-state index < -0.39 is 97.5 Å². The molecule has 0 aliphatic heterocycles. The van der Waals surface area contributed by atoms with E-state index in [1.807, 2.05) is 0 Å². The minimum atomic E-state index is -4.94. The standard InChI is InChI=1S/C68H132O17P2/c1-5-9-13-17-21-25-26-27-28-29-30-31-32-33-34-35-36-39-43-47-51-55-68(73)85-64(59-79-66(71)53-49-45-41-37-22-18-14-10-6-2)61-83-87(76,77)81-57-62(69)56-80-86(74,75)82-60-63(58-78-65(70)52-48-44-40-24-20-16-12-8-4)84-67(72)54-50-46-42-38-23-19-15-11-7-3/h62-64,69H,5-61H2,1-4H3,(H,74,75)(H,76,77)/t62-,63+,64+/m0/s1. The van der Waals surface area contributed by atoms with Crippen molar-refractivity contribution in [3.8, 4) is 0 Å². The Labute approximate surface area is 530 Å². The smallest absolute Gasteiger partial charge is 0.462 e. The van der Waals surface area contributed by atoms with Crippen LogP contribution in [0.3, 0.4) is 0 Å². The second-order valence-electron chi connectivity index (χ2n) is 24.6. The van der Waals surface area contributed by atoms with Crippen molar-refractivity contribution in [3.05, 3.63) is 0 Å². The van der Waals surface area contributed by atoms with Crippen LogP contribution in [0.1, 0.15) is 355 Å². The van der Waals surface area contributed by atoms with Gasteiger partial charge in [0.25, 0.3) is 0 Å². The van der Waals surface area contributed by atoms with Gasteiger partial charge in [-0.25, -0.2) is 9.13 Å². The molecule has 0 bridgehead atoms. The van der Waals surface area contributed by atoms with Crippen LogP contribution in [-0.2, 0) is 65.4 Å². The van der Waals surface area contributed by atoms with Crippen molar-refractivity contribution in [3.63, 3.8) is 0 Å². The summed E-state index contributed by atoms with van der Waals surface area (Å²) >= 11 is 0. The number of hydrogen-bond donors (Lipinski definition) is 3. The minimum absolute atomic E-state index is 0.106. The Hall–Kier alpha value is -1.94. The first-order chi connectivity index (χ1) is 42.2. The van der Waals surface area contributed by atoms with Crippen LogP contribution in [0.4, 0.5) is 0 Å². The number of rotatable bonds is 69. The fraction of sp³-hybridized carbons (Fsp3) is 0.941. The molecular weight excluding hydrogens is 1150 g/mol. The molecule has 19 heteroatoms. The van der Waals surface area contributed by atoms with Crippen LogP contribution in [0.25, 0.3) is 0 Å². The molecule has 17 nitrogen and oxygen atoms in total. The SMILES string of the molecule is CCCCCCCCCCCCCCCCCCCCCCCC(=O)O[C@H](COC(=O)CCCCCCCCCCC)COP(=O)(O)OC[C@@H](O)COP(=O)(O)OC[C@@H](COC(=O)CCCCCCCCCC)OC(=O)CCCCCCCCCCC. The number of ether oxygens (including phenoxy) is 4. The van der Waals surface area contributed by atoms with Crippen LogP contribution in [0.15, 0.2) is 0 Å². The van der Waals surface area contributed by atoms with Crippen molar-refractivity contribution in [2.45, 2.75) is 373 Å². The molecule has 0 fully saturated rings. The van der Waals surface area contributed by atoms with Crippen LogP contribution in [-0.4, -0.2) is 96.7 Å². The average Bonchev–Trinajstić information content (AvgIpc) is 3.69. The minimum Gasteiger partial charge on any atom is -0.462 e. The summed E-state index contributed by atoms with van der Waals surface area (Å²) in [4.78, 5) is 72.2. The van der Waals surface area contributed by atoms with Gasteiger partial charge in [-0.15, -0.1) is 0 Å². The molecule has 0 aromatic rings.